The minimum absolute atomic E-state index is 0.0495. The monoisotopic (exact) mass is 470 g/mol. The Bertz CT molecular complexity index is 1090. The normalized spacial score (nSPS) is 13.0. The van der Waals surface area contributed by atoms with Crippen molar-refractivity contribution in [3.05, 3.63) is 48.5 Å². The molecule has 170 valence electrons. The van der Waals surface area contributed by atoms with Crippen molar-refractivity contribution in [2.24, 2.45) is 5.73 Å². The number of methoxy groups -OCH3 is 1. The first-order valence-electron chi connectivity index (χ1n) is 9.29. The molecule has 0 saturated carbocycles. The number of rotatable bonds is 11. The first-order valence-corrected chi connectivity index (χ1v) is 12.3. The van der Waals surface area contributed by atoms with Gasteiger partial charge in [-0.2, -0.15) is 4.72 Å². The minimum Gasteiger partial charge on any atom is -0.468 e. The van der Waals surface area contributed by atoms with E-state index in [1.165, 1.54) is 24.3 Å². The van der Waals surface area contributed by atoms with Crippen LogP contribution >= 0.6 is 0 Å². The maximum atomic E-state index is 12.5. The van der Waals surface area contributed by atoms with Gasteiger partial charge in [-0.25, -0.2) is 21.6 Å². The standard InChI is InChI=1S/C19H26N4O6S2/c1-21-11-12-22-30(25,26)16-7-3-14(4-8-16)15-5-9-17(10-6-15)31(27,28)23-18(13-20)19(24)29-2/h3-10,18,21-23H,11-13,20H2,1-2H3/t18-/m0/s1. The molecule has 0 heterocycles. The van der Waals surface area contributed by atoms with Gasteiger partial charge in [0.15, 0.2) is 0 Å². The molecule has 2 rings (SSSR count). The van der Waals surface area contributed by atoms with Gasteiger partial charge in [-0.1, -0.05) is 24.3 Å². The molecule has 0 amide bonds. The van der Waals surface area contributed by atoms with Gasteiger partial charge >= 0.3 is 5.97 Å². The Kier molecular flexibility index (Phi) is 8.68. The van der Waals surface area contributed by atoms with Gasteiger partial charge in [0, 0.05) is 19.6 Å². The van der Waals surface area contributed by atoms with Gasteiger partial charge in [0.05, 0.1) is 16.9 Å². The molecule has 1 atom stereocenters. The Balaban J connectivity index is 2.17. The van der Waals surface area contributed by atoms with Gasteiger partial charge in [0.25, 0.3) is 0 Å². The Morgan fingerprint density at radius 2 is 1.39 bits per heavy atom. The third-order valence-corrected chi connectivity index (χ3v) is 7.31. The smallest absolute Gasteiger partial charge is 0.325 e. The van der Waals surface area contributed by atoms with Gasteiger partial charge in [-0.05, 0) is 42.4 Å². The van der Waals surface area contributed by atoms with E-state index in [4.69, 9.17) is 5.73 Å². The highest BCUT2D eigenvalue weighted by molar-refractivity contribution is 7.89. The van der Waals surface area contributed by atoms with Crippen molar-refractivity contribution >= 4 is 26.0 Å². The van der Waals surface area contributed by atoms with Crippen LogP contribution in [0.4, 0.5) is 0 Å². The maximum absolute atomic E-state index is 12.5. The number of ether oxygens (including phenoxy) is 1. The van der Waals surface area contributed by atoms with Crippen molar-refractivity contribution in [1.82, 2.24) is 14.8 Å². The van der Waals surface area contributed by atoms with Crippen LogP contribution in [0.25, 0.3) is 11.1 Å². The second-order valence-corrected chi connectivity index (χ2v) is 9.96. The fourth-order valence-corrected chi connectivity index (χ4v) is 4.87. The van der Waals surface area contributed by atoms with E-state index in [1.807, 2.05) is 0 Å². The first-order chi connectivity index (χ1) is 14.6. The number of likely N-dealkylation sites (N-methyl/N-ethyl adjacent to an activating group) is 1. The van der Waals surface area contributed by atoms with Crippen molar-refractivity contribution in [2.45, 2.75) is 15.8 Å². The highest BCUT2D eigenvalue weighted by Gasteiger charge is 2.25. The zero-order valence-corrected chi connectivity index (χ0v) is 18.8. The van der Waals surface area contributed by atoms with Crippen molar-refractivity contribution in [1.29, 1.82) is 0 Å². The van der Waals surface area contributed by atoms with Crippen LogP contribution in [0.1, 0.15) is 0 Å². The molecular weight excluding hydrogens is 444 g/mol. The fourth-order valence-electron chi connectivity index (χ4n) is 2.64. The number of hydrogen-bond acceptors (Lipinski definition) is 8. The second-order valence-electron chi connectivity index (χ2n) is 6.48. The van der Waals surface area contributed by atoms with Gasteiger partial charge in [-0.3, -0.25) is 4.79 Å². The average Bonchev–Trinajstić information content (AvgIpc) is 2.77. The van der Waals surface area contributed by atoms with E-state index in [1.54, 1.807) is 31.3 Å². The number of sulfonamides is 2. The predicted molar refractivity (Wildman–Crippen MR) is 116 cm³/mol. The summed E-state index contributed by atoms with van der Waals surface area (Å²) in [6.07, 6.45) is 0. The molecule has 12 heteroatoms. The Morgan fingerprint density at radius 3 is 1.81 bits per heavy atom. The van der Waals surface area contributed by atoms with Gasteiger partial charge < -0.3 is 15.8 Å². The Morgan fingerprint density at radius 1 is 0.903 bits per heavy atom. The van der Waals surface area contributed by atoms with E-state index in [9.17, 15) is 21.6 Å². The van der Waals surface area contributed by atoms with E-state index in [-0.39, 0.29) is 22.9 Å². The van der Waals surface area contributed by atoms with Crippen LogP contribution in [-0.4, -0.2) is 62.6 Å². The van der Waals surface area contributed by atoms with Gasteiger partial charge in [0.1, 0.15) is 6.04 Å². The maximum Gasteiger partial charge on any atom is 0.325 e. The largest absolute Gasteiger partial charge is 0.468 e. The van der Waals surface area contributed by atoms with Crippen molar-refractivity contribution in [3.8, 4) is 11.1 Å². The van der Waals surface area contributed by atoms with Crippen LogP contribution in [0.15, 0.2) is 58.3 Å². The Hall–Kier alpha value is -2.35. The summed E-state index contributed by atoms with van der Waals surface area (Å²) in [6.45, 7) is 0.529. The second kappa shape index (κ2) is 10.8. The number of carbonyl (C=O) groups excluding carboxylic acids is 1. The molecule has 0 aliphatic rings. The summed E-state index contributed by atoms with van der Waals surface area (Å²) in [5.74, 6) is -0.779. The lowest BCUT2D eigenvalue weighted by atomic mass is 10.1. The van der Waals surface area contributed by atoms with E-state index in [2.05, 4.69) is 19.5 Å². The lowest BCUT2D eigenvalue weighted by molar-refractivity contribution is -0.142. The molecule has 0 spiro atoms. The van der Waals surface area contributed by atoms with E-state index in [0.29, 0.717) is 17.7 Å². The number of carbonyl (C=O) groups is 1. The summed E-state index contributed by atoms with van der Waals surface area (Å²) in [6, 6.07) is 11.0. The molecule has 0 aliphatic carbocycles. The molecule has 0 unspecified atom stereocenters. The van der Waals surface area contributed by atoms with Crippen molar-refractivity contribution in [3.63, 3.8) is 0 Å². The predicted octanol–water partition coefficient (Wildman–Crippen LogP) is -0.370. The van der Waals surface area contributed by atoms with Crippen LogP contribution in [0.2, 0.25) is 0 Å². The molecule has 31 heavy (non-hydrogen) atoms. The van der Waals surface area contributed by atoms with Crippen LogP contribution < -0.4 is 20.5 Å². The zero-order valence-electron chi connectivity index (χ0n) is 17.2. The third kappa shape index (κ3) is 6.56. The molecule has 0 aromatic heterocycles. The molecule has 0 fully saturated rings. The molecule has 10 nitrogen and oxygen atoms in total. The SMILES string of the molecule is CNCCNS(=O)(=O)c1ccc(-c2ccc(S(=O)(=O)N[C@@H](CN)C(=O)OC)cc2)cc1. The van der Waals surface area contributed by atoms with Crippen LogP contribution in [-0.2, 0) is 29.6 Å². The van der Waals surface area contributed by atoms with Gasteiger partial charge in [-0.15, -0.1) is 0 Å². The summed E-state index contributed by atoms with van der Waals surface area (Å²) < 4.78 is 58.7. The molecular formula is C19H26N4O6S2. The summed E-state index contributed by atoms with van der Waals surface area (Å²) in [5.41, 5.74) is 6.83. The summed E-state index contributed by atoms with van der Waals surface area (Å²) in [4.78, 5) is 11.7. The number of benzene rings is 2. The number of nitrogens with one attached hydrogen (secondary N) is 3. The molecule has 0 radical (unpaired) electrons. The highest BCUT2D eigenvalue weighted by atomic mass is 32.2. The van der Waals surface area contributed by atoms with Crippen molar-refractivity contribution in [2.75, 3.05) is 33.8 Å². The summed E-state index contributed by atoms with van der Waals surface area (Å²) in [7, 11) is -4.72. The lowest BCUT2D eigenvalue weighted by Crippen LogP contribution is -2.46. The minimum atomic E-state index is -3.99. The van der Waals surface area contributed by atoms with E-state index >= 15 is 0 Å². The quantitative estimate of drug-likeness (QED) is 0.256. The Labute approximate surface area is 182 Å². The van der Waals surface area contributed by atoms with Crippen LogP contribution in [0.5, 0.6) is 0 Å². The molecule has 0 aliphatic heterocycles. The topological polar surface area (TPSA) is 157 Å². The summed E-state index contributed by atoms with van der Waals surface area (Å²) >= 11 is 0. The zero-order chi connectivity index (χ0) is 23.1. The first kappa shape index (κ1) is 24.9. The van der Waals surface area contributed by atoms with Gasteiger partial charge in [0.2, 0.25) is 20.0 Å². The fraction of sp³-hybridized carbons (Fsp3) is 0.316. The molecule has 2 aromatic rings. The third-order valence-electron chi connectivity index (χ3n) is 4.35. The van der Waals surface area contributed by atoms with Crippen molar-refractivity contribution < 1.29 is 26.4 Å². The summed E-state index contributed by atoms with van der Waals surface area (Å²) in [5, 5.41) is 2.86. The molecule has 5 N–H and O–H groups in total. The number of hydrogen-bond donors (Lipinski definition) is 4. The number of nitrogens with two attached hydrogens (primary N) is 1. The highest BCUT2D eigenvalue weighted by Crippen LogP contribution is 2.23. The van der Waals surface area contributed by atoms with Crippen LogP contribution in [0, 0.1) is 0 Å². The van der Waals surface area contributed by atoms with E-state index in [0.717, 1.165) is 7.11 Å². The molecule has 0 saturated heterocycles. The number of esters is 1. The lowest BCUT2D eigenvalue weighted by Gasteiger charge is -2.15. The molecule has 0 bridgehead atoms. The van der Waals surface area contributed by atoms with Crippen LogP contribution in [0.3, 0.4) is 0 Å². The van der Waals surface area contributed by atoms with E-state index < -0.39 is 32.1 Å². The average molecular weight is 471 g/mol. The molecule has 2 aromatic carbocycles.